The Hall–Kier alpha value is -1.71. The maximum Gasteiger partial charge on any atom is 0.129 e. The van der Waals surface area contributed by atoms with Crippen molar-refractivity contribution >= 4 is 0 Å². The molecule has 0 saturated heterocycles. The van der Waals surface area contributed by atoms with E-state index in [4.69, 9.17) is 4.74 Å². The number of halogens is 1. The Balaban J connectivity index is 2.32. The molecule has 2 rings (SSSR count). The molecule has 94 valence electrons. The molecular weight excluding hydrogens is 231 g/mol. The van der Waals surface area contributed by atoms with Gasteiger partial charge < -0.3 is 9.84 Å². The van der Waals surface area contributed by atoms with Gasteiger partial charge in [0.25, 0.3) is 0 Å². The van der Waals surface area contributed by atoms with Gasteiger partial charge in [0.2, 0.25) is 0 Å². The van der Waals surface area contributed by atoms with Crippen LogP contribution in [-0.4, -0.2) is 12.2 Å². The van der Waals surface area contributed by atoms with Gasteiger partial charge in [-0.3, -0.25) is 0 Å². The summed E-state index contributed by atoms with van der Waals surface area (Å²) < 4.78 is 18.9. The van der Waals surface area contributed by atoms with E-state index < -0.39 is 18.0 Å². The number of hydrogen-bond acceptors (Lipinski definition) is 2. The summed E-state index contributed by atoms with van der Waals surface area (Å²) in [7, 11) is 1.50. The third-order valence-electron chi connectivity index (χ3n) is 2.89. The van der Waals surface area contributed by atoms with Crippen molar-refractivity contribution in [2.24, 2.45) is 0 Å². The molecule has 2 unspecified atom stereocenters. The lowest BCUT2D eigenvalue weighted by molar-refractivity contribution is -0.0165. The summed E-state index contributed by atoms with van der Waals surface area (Å²) in [6.45, 7) is 0. The second-order valence-electron chi connectivity index (χ2n) is 4.03. The fourth-order valence-electron chi connectivity index (χ4n) is 1.97. The van der Waals surface area contributed by atoms with Gasteiger partial charge in [-0.1, -0.05) is 48.5 Å². The van der Waals surface area contributed by atoms with Crippen molar-refractivity contribution in [2.45, 2.75) is 12.2 Å². The van der Waals surface area contributed by atoms with Gasteiger partial charge in [0, 0.05) is 12.7 Å². The molecule has 18 heavy (non-hydrogen) atoms. The summed E-state index contributed by atoms with van der Waals surface area (Å²) in [5, 5.41) is 10.2. The Labute approximate surface area is 106 Å². The number of ether oxygens (including phenoxy) is 1. The van der Waals surface area contributed by atoms with Crippen molar-refractivity contribution in [3.8, 4) is 0 Å². The largest absolute Gasteiger partial charge is 0.385 e. The van der Waals surface area contributed by atoms with Crippen molar-refractivity contribution in [1.82, 2.24) is 0 Å². The first-order valence-electron chi connectivity index (χ1n) is 5.74. The zero-order chi connectivity index (χ0) is 13.0. The molecule has 0 radical (unpaired) electrons. The van der Waals surface area contributed by atoms with Gasteiger partial charge in [-0.25, -0.2) is 4.39 Å². The van der Waals surface area contributed by atoms with E-state index in [-0.39, 0.29) is 5.56 Å². The van der Waals surface area contributed by atoms with Gasteiger partial charge in [-0.05, 0) is 11.6 Å². The molecule has 2 nitrogen and oxygen atoms in total. The monoisotopic (exact) mass is 246 g/mol. The molecule has 3 heteroatoms. The average molecular weight is 246 g/mol. The predicted molar refractivity (Wildman–Crippen MR) is 67.6 cm³/mol. The minimum atomic E-state index is -1.03. The van der Waals surface area contributed by atoms with Crippen LogP contribution in [0.25, 0.3) is 0 Å². The van der Waals surface area contributed by atoms with Crippen LogP contribution in [0.1, 0.15) is 23.3 Å². The highest BCUT2D eigenvalue weighted by molar-refractivity contribution is 5.26. The summed E-state index contributed by atoms with van der Waals surface area (Å²) in [6, 6.07) is 15.5. The predicted octanol–water partition coefficient (Wildman–Crippen LogP) is 3.25. The number of methoxy groups -OCH3 is 1. The first-order chi connectivity index (χ1) is 8.74. The molecule has 0 fully saturated rings. The van der Waals surface area contributed by atoms with Crippen LogP contribution in [-0.2, 0) is 4.74 Å². The molecule has 2 aromatic carbocycles. The van der Waals surface area contributed by atoms with Crippen molar-refractivity contribution in [3.05, 3.63) is 71.5 Å². The van der Waals surface area contributed by atoms with Gasteiger partial charge in [-0.2, -0.15) is 0 Å². The quantitative estimate of drug-likeness (QED) is 0.897. The van der Waals surface area contributed by atoms with E-state index in [2.05, 4.69) is 0 Å². The average Bonchev–Trinajstić information content (AvgIpc) is 2.41. The van der Waals surface area contributed by atoms with Gasteiger partial charge >= 0.3 is 0 Å². The molecule has 0 aliphatic rings. The van der Waals surface area contributed by atoms with E-state index in [1.54, 1.807) is 18.2 Å². The number of hydrogen-bond donors (Lipinski definition) is 1. The van der Waals surface area contributed by atoms with E-state index in [9.17, 15) is 9.50 Å². The second kappa shape index (κ2) is 5.76. The third kappa shape index (κ3) is 2.58. The molecule has 2 atom stereocenters. The molecule has 0 aliphatic heterocycles. The molecular formula is C15H15FO2. The molecule has 0 heterocycles. The lowest BCUT2D eigenvalue weighted by Gasteiger charge is -2.22. The van der Waals surface area contributed by atoms with Crippen LogP contribution in [0.4, 0.5) is 4.39 Å². The number of aliphatic hydroxyl groups excluding tert-OH is 1. The van der Waals surface area contributed by atoms with Gasteiger partial charge in [0.05, 0.1) is 0 Å². The molecule has 0 saturated carbocycles. The molecule has 0 bridgehead atoms. The maximum atomic E-state index is 13.6. The van der Waals surface area contributed by atoms with E-state index >= 15 is 0 Å². The first kappa shape index (κ1) is 12.7. The number of rotatable bonds is 4. The Morgan fingerprint density at radius 1 is 1.00 bits per heavy atom. The van der Waals surface area contributed by atoms with Crippen LogP contribution < -0.4 is 0 Å². The molecule has 0 amide bonds. The van der Waals surface area contributed by atoms with E-state index in [1.807, 2.05) is 30.3 Å². The van der Waals surface area contributed by atoms with Gasteiger partial charge in [-0.15, -0.1) is 0 Å². The highest BCUT2D eigenvalue weighted by atomic mass is 19.1. The third-order valence-corrected chi connectivity index (χ3v) is 2.89. The van der Waals surface area contributed by atoms with Crippen molar-refractivity contribution in [3.63, 3.8) is 0 Å². The van der Waals surface area contributed by atoms with Crippen LogP contribution in [0.2, 0.25) is 0 Å². The maximum absolute atomic E-state index is 13.6. The summed E-state index contributed by atoms with van der Waals surface area (Å²) in [5.41, 5.74) is 1.06. The van der Waals surface area contributed by atoms with E-state index in [1.165, 1.54) is 13.2 Å². The van der Waals surface area contributed by atoms with Crippen LogP contribution in [0.3, 0.4) is 0 Å². The Morgan fingerprint density at radius 2 is 1.61 bits per heavy atom. The minimum absolute atomic E-state index is 0.244. The number of benzene rings is 2. The Bertz CT molecular complexity index is 499. The molecule has 2 aromatic rings. The fraction of sp³-hybridized carbons (Fsp3) is 0.200. The van der Waals surface area contributed by atoms with Gasteiger partial charge in [0.1, 0.15) is 18.0 Å². The Morgan fingerprint density at radius 3 is 2.22 bits per heavy atom. The summed E-state index contributed by atoms with van der Waals surface area (Å²) in [6.07, 6.45) is -1.61. The lowest BCUT2D eigenvalue weighted by atomic mass is 9.98. The molecule has 0 aliphatic carbocycles. The number of aliphatic hydroxyl groups is 1. The van der Waals surface area contributed by atoms with Crippen LogP contribution >= 0.6 is 0 Å². The lowest BCUT2D eigenvalue weighted by Crippen LogP contribution is -2.14. The van der Waals surface area contributed by atoms with Crippen molar-refractivity contribution in [2.75, 3.05) is 7.11 Å². The normalized spacial score (nSPS) is 14.2. The zero-order valence-electron chi connectivity index (χ0n) is 10.1. The highest BCUT2D eigenvalue weighted by Crippen LogP contribution is 2.32. The summed E-state index contributed by atoms with van der Waals surface area (Å²) in [5.74, 6) is -0.428. The standard InChI is InChI=1S/C15H15FO2/c1-18-15(11-7-3-2-4-8-11)14(17)12-9-5-6-10-13(12)16/h2-10,14-15,17H,1H3. The van der Waals surface area contributed by atoms with Gasteiger partial charge in [0.15, 0.2) is 0 Å². The topological polar surface area (TPSA) is 29.5 Å². The molecule has 0 spiro atoms. The highest BCUT2D eigenvalue weighted by Gasteiger charge is 2.24. The van der Waals surface area contributed by atoms with Crippen LogP contribution in [0.5, 0.6) is 0 Å². The fourth-order valence-corrected chi connectivity index (χ4v) is 1.97. The SMILES string of the molecule is COC(c1ccccc1)C(O)c1ccccc1F. The smallest absolute Gasteiger partial charge is 0.129 e. The summed E-state index contributed by atoms with van der Waals surface area (Å²) in [4.78, 5) is 0. The molecule has 0 aromatic heterocycles. The minimum Gasteiger partial charge on any atom is -0.385 e. The zero-order valence-corrected chi connectivity index (χ0v) is 10.1. The van der Waals surface area contributed by atoms with Crippen molar-refractivity contribution < 1.29 is 14.2 Å². The summed E-state index contributed by atoms with van der Waals surface area (Å²) >= 11 is 0. The molecule has 1 N–H and O–H groups in total. The first-order valence-corrected chi connectivity index (χ1v) is 5.74. The van der Waals surface area contributed by atoms with Crippen molar-refractivity contribution in [1.29, 1.82) is 0 Å². The van der Waals surface area contributed by atoms with E-state index in [0.29, 0.717) is 0 Å². The van der Waals surface area contributed by atoms with E-state index in [0.717, 1.165) is 5.56 Å². The van der Waals surface area contributed by atoms with Crippen LogP contribution in [0, 0.1) is 5.82 Å². The Kier molecular flexibility index (Phi) is 4.07. The second-order valence-corrected chi connectivity index (χ2v) is 4.03. The van der Waals surface area contributed by atoms with Crippen LogP contribution in [0.15, 0.2) is 54.6 Å².